The summed E-state index contributed by atoms with van der Waals surface area (Å²) in [5, 5.41) is 22.4. The standard InChI is InChI=1S/C48H58N12O10/c1-6-59-36(21-29(3)55-59)38(61)28-52-48-53-35-24-32(45(50)65)26-40(69-15-10-14-66-5)43(35)58(48)13-9-8-12-57-42-33(34-27-51-46(54-47(34)57)37-22-30(4)56-60(37)7-2)23-31(44(49)64)25-39(42)70-20-19-68-18-17-67-16-11-41(62)63/h8-9,21-27H,6-7,10-20,28H2,1-5H3,(H2,49,64)(H2,50,65)(H,52,53)(H,62,63)/b9-8+. The molecular formula is C48H58N12O10. The molecule has 5 heterocycles. The van der Waals surface area contributed by atoms with Crippen molar-refractivity contribution in [3.05, 3.63) is 83.0 Å². The molecule has 0 unspecified atom stereocenters. The number of methoxy groups -OCH3 is 1. The molecule has 0 radical (unpaired) electrons. The van der Waals surface area contributed by atoms with Crippen molar-refractivity contribution in [2.24, 2.45) is 11.5 Å². The molecule has 0 saturated heterocycles. The molecule has 0 aliphatic carbocycles. The van der Waals surface area contributed by atoms with E-state index in [0.29, 0.717) is 88.1 Å². The molecule has 22 heteroatoms. The van der Waals surface area contributed by atoms with Crippen LogP contribution in [-0.2, 0) is 45.2 Å². The largest absolute Gasteiger partial charge is 0.491 e. The highest BCUT2D eigenvalue weighted by molar-refractivity contribution is 6.12. The van der Waals surface area contributed by atoms with Crippen molar-refractivity contribution in [3.63, 3.8) is 0 Å². The molecule has 6 N–H and O–H groups in total. The van der Waals surface area contributed by atoms with Gasteiger partial charge in [0.1, 0.15) is 40.7 Å². The minimum atomic E-state index is -0.947. The number of amides is 2. The average molecular weight is 963 g/mol. The number of carbonyl (C=O) groups excluding carboxylic acids is 3. The molecule has 22 nitrogen and oxygen atoms in total. The van der Waals surface area contributed by atoms with E-state index in [2.05, 4.69) is 15.5 Å². The summed E-state index contributed by atoms with van der Waals surface area (Å²) in [5.41, 5.74) is 16.9. The number of ether oxygens (including phenoxy) is 5. The van der Waals surface area contributed by atoms with Gasteiger partial charge in [0.25, 0.3) is 0 Å². The molecule has 2 amide bonds. The lowest BCUT2D eigenvalue weighted by Crippen LogP contribution is -2.20. The fourth-order valence-corrected chi connectivity index (χ4v) is 7.98. The molecule has 0 fully saturated rings. The number of carboxylic acids is 1. The fourth-order valence-electron chi connectivity index (χ4n) is 7.98. The number of aliphatic carboxylic acids is 1. The normalized spacial score (nSPS) is 11.7. The van der Waals surface area contributed by atoms with E-state index in [0.717, 1.165) is 17.1 Å². The smallest absolute Gasteiger partial charge is 0.305 e. The first-order chi connectivity index (χ1) is 33.8. The van der Waals surface area contributed by atoms with Crippen LogP contribution in [0.15, 0.2) is 54.7 Å². The van der Waals surface area contributed by atoms with Gasteiger partial charge >= 0.3 is 5.97 Å². The topological polar surface area (TPSA) is 283 Å². The zero-order valence-electron chi connectivity index (χ0n) is 39.9. The molecule has 0 saturated carbocycles. The number of carbonyl (C=O) groups is 4. The van der Waals surface area contributed by atoms with Gasteiger partial charge in [-0.25, -0.2) is 15.0 Å². The Morgan fingerprint density at radius 2 is 1.37 bits per heavy atom. The summed E-state index contributed by atoms with van der Waals surface area (Å²) in [7, 11) is 1.60. The molecule has 7 rings (SSSR count). The molecule has 70 heavy (non-hydrogen) atoms. The Morgan fingerprint density at radius 3 is 2.07 bits per heavy atom. The monoisotopic (exact) mass is 962 g/mol. The van der Waals surface area contributed by atoms with Crippen LogP contribution < -0.4 is 26.3 Å². The summed E-state index contributed by atoms with van der Waals surface area (Å²) in [6.45, 7) is 10.6. The summed E-state index contributed by atoms with van der Waals surface area (Å²) in [5.74, 6) is -0.937. The minimum absolute atomic E-state index is 0.0736. The zero-order chi connectivity index (χ0) is 49.9. The second-order valence-electron chi connectivity index (χ2n) is 16.2. The van der Waals surface area contributed by atoms with Crippen molar-refractivity contribution in [1.29, 1.82) is 0 Å². The number of aryl methyl sites for hydroxylation is 4. The van der Waals surface area contributed by atoms with Crippen LogP contribution in [0.1, 0.15) is 69.3 Å². The number of benzene rings is 2. The molecule has 0 atom stereocenters. The van der Waals surface area contributed by atoms with E-state index in [-0.39, 0.29) is 82.6 Å². The van der Waals surface area contributed by atoms with Gasteiger partial charge in [-0.15, -0.1) is 0 Å². The van der Waals surface area contributed by atoms with Crippen LogP contribution in [-0.4, -0.2) is 132 Å². The van der Waals surface area contributed by atoms with Crippen LogP contribution in [0.5, 0.6) is 11.5 Å². The van der Waals surface area contributed by atoms with Gasteiger partial charge in [0, 0.05) is 74.4 Å². The molecule has 0 aliphatic heterocycles. The first-order valence-electron chi connectivity index (χ1n) is 22.9. The highest BCUT2D eigenvalue weighted by Crippen LogP contribution is 2.37. The van der Waals surface area contributed by atoms with Gasteiger partial charge in [0.15, 0.2) is 11.6 Å². The van der Waals surface area contributed by atoms with E-state index in [4.69, 9.17) is 55.2 Å². The van der Waals surface area contributed by atoms with Crippen molar-refractivity contribution in [3.8, 4) is 23.0 Å². The number of ketones is 1. The number of hydrogen-bond acceptors (Lipinski definition) is 15. The summed E-state index contributed by atoms with van der Waals surface area (Å²) in [6, 6.07) is 10.1. The molecule has 0 bridgehead atoms. The number of aromatic nitrogens is 9. The van der Waals surface area contributed by atoms with Gasteiger partial charge < -0.3 is 54.7 Å². The molecule has 7 aromatic rings. The van der Waals surface area contributed by atoms with Crippen LogP contribution in [0, 0.1) is 13.8 Å². The third kappa shape index (κ3) is 11.6. The summed E-state index contributed by atoms with van der Waals surface area (Å²) < 4.78 is 36.2. The van der Waals surface area contributed by atoms with Crippen molar-refractivity contribution >= 4 is 62.5 Å². The summed E-state index contributed by atoms with van der Waals surface area (Å²) >= 11 is 0. The number of hydrogen-bond donors (Lipinski definition) is 4. The predicted molar refractivity (Wildman–Crippen MR) is 259 cm³/mol. The van der Waals surface area contributed by atoms with Crippen molar-refractivity contribution in [1.82, 2.24) is 43.6 Å². The molecule has 370 valence electrons. The number of nitrogens with one attached hydrogen (secondary N) is 1. The predicted octanol–water partition coefficient (Wildman–Crippen LogP) is 4.70. The first-order valence-corrected chi connectivity index (χ1v) is 22.9. The second-order valence-corrected chi connectivity index (χ2v) is 16.2. The van der Waals surface area contributed by atoms with Crippen LogP contribution in [0.2, 0.25) is 0 Å². The number of fused-ring (bicyclic) bond motifs is 4. The second kappa shape index (κ2) is 23.1. The number of Topliss-reactive ketones (excluding diaryl/α,β-unsaturated/α-hetero) is 1. The van der Waals surface area contributed by atoms with Gasteiger partial charge in [0.2, 0.25) is 17.8 Å². The maximum atomic E-state index is 13.6. The Morgan fingerprint density at radius 1 is 0.729 bits per heavy atom. The molecule has 5 aromatic heterocycles. The first kappa shape index (κ1) is 50.2. The van der Waals surface area contributed by atoms with Crippen LogP contribution in [0.3, 0.4) is 0 Å². The van der Waals surface area contributed by atoms with E-state index in [1.165, 1.54) is 0 Å². The highest BCUT2D eigenvalue weighted by Gasteiger charge is 2.23. The average Bonchev–Trinajstić information content (AvgIpc) is 4.10. The zero-order valence-corrected chi connectivity index (χ0v) is 39.9. The van der Waals surface area contributed by atoms with E-state index in [9.17, 15) is 19.2 Å². The lowest BCUT2D eigenvalue weighted by molar-refractivity contribution is -0.138. The lowest BCUT2D eigenvalue weighted by atomic mass is 10.1. The SMILES string of the molecule is CCn1nc(C)cc1C(=O)CNc1nc2cc(C(N)=O)cc(OCCCOC)c2n1C/C=C/Cn1c2nc(-c3cc(C)nn3CC)ncc2c2cc(C(N)=O)cc(OCCOCCOCCC(=O)O)c21. The number of anilines is 1. The number of nitrogens with zero attached hydrogens (tertiary/aromatic N) is 9. The number of nitrogens with two attached hydrogens (primary N) is 2. The minimum Gasteiger partial charge on any atom is -0.491 e. The van der Waals surface area contributed by atoms with Gasteiger partial charge in [0.05, 0.1) is 68.4 Å². The summed E-state index contributed by atoms with van der Waals surface area (Å²) in [6.07, 6.45) is 6.06. The molecule has 2 aromatic carbocycles. The van der Waals surface area contributed by atoms with E-state index < -0.39 is 17.8 Å². The summed E-state index contributed by atoms with van der Waals surface area (Å²) in [4.78, 5) is 64.4. The Labute approximate surface area is 402 Å². The van der Waals surface area contributed by atoms with Gasteiger partial charge in [-0.3, -0.25) is 28.5 Å². The van der Waals surface area contributed by atoms with E-state index in [1.807, 2.05) is 59.7 Å². The fraction of sp³-hybridized carbons (Fsp3) is 0.396. The van der Waals surface area contributed by atoms with Crippen LogP contribution in [0.4, 0.5) is 5.95 Å². The van der Waals surface area contributed by atoms with Crippen LogP contribution >= 0.6 is 0 Å². The van der Waals surface area contributed by atoms with Crippen molar-refractivity contribution in [2.75, 3.05) is 65.2 Å². The Balaban J connectivity index is 1.27. The van der Waals surface area contributed by atoms with E-state index >= 15 is 0 Å². The maximum Gasteiger partial charge on any atom is 0.305 e. The Hall–Kier alpha value is -7.69. The van der Waals surface area contributed by atoms with Gasteiger partial charge in [-0.05, 0) is 64.1 Å². The quantitative estimate of drug-likeness (QED) is 0.0294. The number of rotatable bonds is 28. The third-order valence-electron chi connectivity index (χ3n) is 11.2. The number of carboxylic acid groups (broad SMARTS) is 1. The van der Waals surface area contributed by atoms with E-state index in [1.54, 1.807) is 48.3 Å². The molecule has 0 aliphatic rings. The number of allylic oxidation sites excluding steroid dienone is 2. The van der Waals surface area contributed by atoms with Gasteiger partial charge in [-0.2, -0.15) is 10.2 Å². The highest BCUT2D eigenvalue weighted by atomic mass is 16.5. The molecular weight excluding hydrogens is 905 g/mol. The van der Waals surface area contributed by atoms with Crippen LogP contribution in [0.25, 0.3) is 44.5 Å². The molecule has 0 spiro atoms. The Bertz CT molecular complexity index is 3060. The number of imidazole rings is 1. The maximum absolute atomic E-state index is 13.6. The third-order valence-corrected chi connectivity index (χ3v) is 11.2. The van der Waals surface area contributed by atoms with Gasteiger partial charge in [-0.1, -0.05) is 12.2 Å². The van der Waals surface area contributed by atoms with Crippen molar-refractivity contribution in [2.45, 2.75) is 66.7 Å². The van der Waals surface area contributed by atoms with Crippen molar-refractivity contribution < 1.29 is 48.0 Å². The Kier molecular flexibility index (Phi) is 16.5. The lowest BCUT2D eigenvalue weighted by Gasteiger charge is -2.13. The number of primary amides is 2.